The highest BCUT2D eigenvalue weighted by molar-refractivity contribution is 6.42. The van der Waals surface area contributed by atoms with Gasteiger partial charge in [0.1, 0.15) is 5.75 Å². The van der Waals surface area contributed by atoms with E-state index in [4.69, 9.17) is 32.7 Å². The summed E-state index contributed by atoms with van der Waals surface area (Å²) in [5.41, 5.74) is 1.68. The number of amides is 1. The first-order valence-electron chi connectivity index (χ1n) is 9.09. The van der Waals surface area contributed by atoms with E-state index in [1.54, 1.807) is 48.2 Å². The van der Waals surface area contributed by atoms with Crippen LogP contribution < -0.4 is 9.64 Å². The van der Waals surface area contributed by atoms with Crippen LogP contribution in [-0.2, 0) is 20.9 Å². The molecule has 6 nitrogen and oxygen atoms in total. The highest BCUT2D eigenvalue weighted by atomic mass is 35.5. The molecular weight excluding hydrogens is 417 g/mol. The molecule has 0 atom stereocenters. The van der Waals surface area contributed by atoms with Gasteiger partial charge in [0.25, 0.3) is 5.91 Å². The van der Waals surface area contributed by atoms with Crippen LogP contribution in [0.15, 0.2) is 36.4 Å². The van der Waals surface area contributed by atoms with Crippen molar-refractivity contribution in [3.8, 4) is 5.75 Å². The number of esters is 1. The fourth-order valence-electron chi connectivity index (χ4n) is 2.96. The van der Waals surface area contributed by atoms with Crippen LogP contribution in [0.5, 0.6) is 5.75 Å². The number of ketones is 1. The number of carbonyl (C=O) groups is 3. The van der Waals surface area contributed by atoms with Crippen molar-refractivity contribution < 1.29 is 23.9 Å². The maximum Gasteiger partial charge on any atom is 0.306 e. The first-order chi connectivity index (χ1) is 13.9. The average molecular weight is 436 g/mol. The third kappa shape index (κ3) is 5.08. The van der Waals surface area contributed by atoms with Crippen LogP contribution in [0.25, 0.3) is 0 Å². The third-order valence-corrected chi connectivity index (χ3v) is 5.15. The minimum absolute atomic E-state index is 0.00613. The van der Waals surface area contributed by atoms with E-state index in [2.05, 4.69) is 0 Å². The minimum atomic E-state index is -0.418. The summed E-state index contributed by atoms with van der Waals surface area (Å²) in [6, 6.07) is 10.0. The predicted octanol–water partition coefficient (Wildman–Crippen LogP) is 4.45. The molecule has 8 heteroatoms. The summed E-state index contributed by atoms with van der Waals surface area (Å²) in [5, 5.41) is 0.826. The molecule has 0 saturated carbocycles. The lowest BCUT2D eigenvalue weighted by atomic mass is 10.0. The van der Waals surface area contributed by atoms with Gasteiger partial charge in [-0.25, -0.2) is 0 Å². The second-order valence-electron chi connectivity index (χ2n) is 6.43. The monoisotopic (exact) mass is 435 g/mol. The number of fused-ring (bicyclic) bond motifs is 1. The molecule has 0 saturated heterocycles. The van der Waals surface area contributed by atoms with E-state index in [0.717, 1.165) is 5.56 Å². The maximum atomic E-state index is 12.5. The number of anilines is 1. The largest absolute Gasteiger partial charge is 0.482 e. The van der Waals surface area contributed by atoms with Crippen LogP contribution in [0.2, 0.25) is 10.0 Å². The summed E-state index contributed by atoms with van der Waals surface area (Å²) in [6.07, 6.45) is 0.0331. The standard InChI is InChI=1S/C21H19Cl2NO5/c1-2-28-21(27)8-6-18(25)14-4-7-19-17(10-14)24(20(26)12-29-19)11-13-3-5-15(22)16(23)9-13/h3-5,7,9-10H,2,6,8,11-12H2,1H3. The summed E-state index contributed by atoms with van der Waals surface area (Å²) in [5.74, 6) is -0.363. The Labute approximate surface area is 178 Å². The molecule has 0 aromatic heterocycles. The molecule has 0 radical (unpaired) electrons. The van der Waals surface area contributed by atoms with Crippen molar-refractivity contribution in [1.82, 2.24) is 0 Å². The van der Waals surface area contributed by atoms with Crippen LogP contribution >= 0.6 is 23.2 Å². The van der Waals surface area contributed by atoms with Gasteiger partial charge in [0.05, 0.1) is 35.3 Å². The van der Waals surface area contributed by atoms with Gasteiger partial charge < -0.3 is 14.4 Å². The molecule has 0 N–H and O–H groups in total. The van der Waals surface area contributed by atoms with Crippen molar-refractivity contribution in [2.75, 3.05) is 18.1 Å². The number of ether oxygens (including phenoxy) is 2. The lowest BCUT2D eigenvalue weighted by molar-refractivity contribution is -0.143. The number of Topliss-reactive ketones (excluding diaryl/α,β-unsaturated/α-hetero) is 1. The van der Waals surface area contributed by atoms with Crippen LogP contribution in [0.3, 0.4) is 0 Å². The van der Waals surface area contributed by atoms with Gasteiger partial charge in [0.15, 0.2) is 12.4 Å². The average Bonchev–Trinajstić information content (AvgIpc) is 2.71. The smallest absolute Gasteiger partial charge is 0.306 e. The number of hydrogen-bond acceptors (Lipinski definition) is 5. The zero-order valence-corrected chi connectivity index (χ0v) is 17.3. The van der Waals surface area contributed by atoms with Crippen LogP contribution in [0.1, 0.15) is 35.7 Å². The number of hydrogen-bond donors (Lipinski definition) is 0. The molecule has 0 aliphatic carbocycles. The van der Waals surface area contributed by atoms with E-state index in [9.17, 15) is 14.4 Å². The molecule has 1 heterocycles. The molecule has 2 aromatic carbocycles. The zero-order valence-electron chi connectivity index (χ0n) is 15.7. The Hall–Kier alpha value is -2.57. The molecule has 2 aromatic rings. The summed E-state index contributed by atoms with van der Waals surface area (Å²) >= 11 is 12.0. The molecule has 3 rings (SSSR count). The Bertz CT molecular complexity index is 960. The fourth-order valence-corrected chi connectivity index (χ4v) is 3.28. The lowest BCUT2D eigenvalue weighted by Crippen LogP contribution is -2.38. The molecule has 1 aliphatic heterocycles. The predicted molar refractivity (Wildman–Crippen MR) is 110 cm³/mol. The van der Waals surface area contributed by atoms with E-state index < -0.39 is 5.97 Å². The second-order valence-corrected chi connectivity index (χ2v) is 7.24. The number of nitrogens with zero attached hydrogens (tertiary/aromatic N) is 1. The molecule has 0 bridgehead atoms. The second kappa shape index (κ2) is 9.29. The minimum Gasteiger partial charge on any atom is -0.482 e. The van der Waals surface area contributed by atoms with Crippen LogP contribution in [0.4, 0.5) is 5.69 Å². The van der Waals surface area contributed by atoms with E-state index in [1.165, 1.54) is 0 Å². The number of halogens is 2. The van der Waals surface area contributed by atoms with Crippen molar-refractivity contribution >= 4 is 46.5 Å². The Morgan fingerprint density at radius 3 is 2.62 bits per heavy atom. The fraction of sp³-hybridized carbons (Fsp3) is 0.286. The Balaban J connectivity index is 1.82. The summed E-state index contributed by atoms with van der Waals surface area (Å²) in [6.45, 7) is 2.15. The van der Waals surface area contributed by atoms with Gasteiger partial charge in [-0.15, -0.1) is 0 Å². The highest BCUT2D eigenvalue weighted by Crippen LogP contribution is 2.35. The topological polar surface area (TPSA) is 72.9 Å². The van der Waals surface area contributed by atoms with Crippen molar-refractivity contribution in [1.29, 1.82) is 0 Å². The van der Waals surface area contributed by atoms with Crippen molar-refractivity contribution in [2.45, 2.75) is 26.3 Å². The van der Waals surface area contributed by atoms with E-state index in [-0.39, 0.29) is 44.3 Å². The number of benzene rings is 2. The summed E-state index contributed by atoms with van der Waals surface area (Å²) < 4.78 is 10.3. The van der Waals surface area contributed by atoms with Gasteiger partial charge >= 0.3 is 5.97 Å². The Morgan fingerprint density at radius 2 is 1.90 bits per heavy atom. The molecular formula is C21H19Cl2NO5. The van der Waals surface area contributed by atoms with Crippen LogP contribution in [-0.4, -0.2) is 30.9 Å². The number of carbonyl (C=O) groups excluding carboxylic acids is 3. The zero-order chi connectivity index (χ0) is 21.0. The molecule has 29 heavy (non-hydrogen) atoms. The van der Waals surface area contributed by atoms with Gasteiger partial charge in [-0.3, -0.25) is 14.4 Å². The molecule has 1 amide bonds. The first-order valence-corrected chi connectivity index (χ1v) is 9.84. The van der Waals surface area contributed by atoms with Crippen LogP contribution in [0, 0.1) is 0 Å². The van der Waals surface area contributed by atoms with Crippen molar-refractivity contribution in [2.24, 2.45) is 0 Å². The molecule has 0 spiro atoms. The molecule has 152 valence electrons. The van der Waals surface area contributed by atoms with Gasteiger partial charge in [-0.1, -0.05) is 29.3 Å². The van der Waals surface area contributed by atoms with E-state index in [1.807, 2.05) is 0 Å². The van der Waals surface area contributed by atoms with E-state index >= 15 is 0 Å². The lowest BCUT2D eigenvalue weighted by Gasteiger charge is -2.30. The maximum absolute atomic E-state index is 12.5. The van der Waals surface area contributed by atoms with Gasteiger partial charge in [0, 0.05) is 12.0 Å². The molecule has 0 fully saturated rings. The van der Waals surface area contributed by atoms with E-state index in [0.29, 0.717) is 27.0 Å². The quantitative estimate of drug-likeness (QED) is 0.474. The summed E-state index contributed by atoms with van der Waals surface area (Å²) in [4.78, 5) is 38.0. The van der Waals surface area contributed by atoms with Gasteiger partial charge in [-0.05, 0) is 42.8 Å². The SMILES string of the molecule is CCOC(=O)CCC(=O)c1ccc2c(c1)N(Cc1ccc(Cl)c(Cl)c1)C(=O)CO2. The first kappa shape index (κ1) is 21.1. The normalized spacial score (nSPS) is 12.9. The van der Waals surface area contributed by atoms with Gasteiger partial charge in [0.2, 0.25) is 0 Å². The Morgan fingerprint density at radius 1 is 1.10 bits per heavy atom. The van der Waals surface area contributed by atoms with Crippen molar-refractivity contribution in [3.63, 3.8) is 0 Å². The van der Waals surface area contributed by atoms with Crippen molar-refractivity contribution in [3.05, 3.63) is 57.6 Å². The highest BCUT2D eigenvalue weighted by Gasteiger charge is 2.27. The number of rotatable bonds is 7. The van der Waals surface area contributed by atoms with Gasteiger partial charge in [-0.2, -0.15) is 0 Å². The molecule has 1 aliphatic rings. The summed E-state index contributed by atoms with van der Waals surface area (Å²) in [7, 11) is 0. The molecule has 0 unspecified atom stereocenters. The Kier molecular flexibility index (Phi) is 6.77. The third-order valence-electron chi connectivity index (χ3n) is 4.41.